The Labute approximate surface area is 209 Å². The zero-order valence-corrected chi connectivity index (χ0v) is 20.5. The molecule has 1 aliphatic heterocycles. The zero-order valence-electron chi connectivity index (χ0n) is 20.5. The van der Waals surface area contributed by atoms with Gasteiger partial charge in [-0.05, 0) is 53.8 Å². The van der Waals surface area contributed by atoms with Crippen LogP contribution >= 0.6 is 0 Å². The maximum absolute atomic E-state index is 12.9. The monoisotopic (exact) mass is 482 g/mol. The predicted molar refractivity (Wildman–Crippen MR) is 140 cm³/mol. The van der Waals surface area contributed by atoms with E-state index in [1.807, 2.05) is 19.1 Å². The largest absolute Gasteiger partial charge is 0.508 e. The highest BCUT2D eigenvalue weighted by Crippen LogP contribution is 2.33. The first-order valence-electron chi connectivity index (χ1n) is 12.3. The number of aromatic nitrogens is 4. The minimum atomic E-state index is -0.699. The van der Waals surface area contributed by atoms with E-state index in [-0.39, 0.29) is 17.6 Å². The number of terminal acetylenes is 1. The van der Waals surface area contributed by atoms with Crippen LogP contribution in [0.1, 0.15) is 37.2 Å². The van der Waals surface area contributed by atoms with Crippen molar-refractivity contribution in [1.82, 2.24) is 25.1 Å². The summed E-state index contributed by atoms with van der Waals surface area (Å²) >= 11 is 0. The summed E-state index contributed by atoms with van der Waals surface area (Å²) in [5.74, 6) is 3.18. The molecule has 1 amide bonds. The number of imidazole rings is 1. The maximum Gasteiger partial charge on any atom is 0.241 e. The van der Waals surface area contributed by atoms with E-state index in [4.69, 9.17) is 17.1 Å². The molecule has 0 bridgehead atoms. The van der Waals surface area contributed by atoms with Gasteiger partial charge in [0.2, 0.25) is 5.91 Å². The maximum atomic E-state index is 12.9. The van der Waals surface area contributed by atoms with Crippen molar-refractivity contribution in [3.63, 3.8) is 0 Å². The molecular formula is C28H30N6O2. The van der Waals surface area contributed by atoms with Crippen molar-refractivity contribution in [2.24, 2.45) is 11.7 Å². The van der Waals surface area contributed by atoms with Crippen LogP contribution in [-0.4, -0.2) is 48.7 Å². The number of carbonyl (C=O) groups excluding carboxylic acids is 1. The third kappa shape index (κ3) is 4.12. The molecule has 8 nitrogen and oxygen atoms in total. The normalized spacial score (nSPS) is 14.9. The van der Waals surface area contributed by atoms with Gasteiger partial charge in [-0.3, -0.25) is 9.89 Å². The number of aryl methyl sites for hydroxylation is 1. The van der Waals surface area contributed by atoms with Gasteiger partial charge in [0, 0.05) is 24.3 Å². The van der Waals surface area contributed by atoms with Crippen molar-refractivity contribution in [3.05, 3.63) is 53.3 Å². The lowest BCUT2D eigenvalue weighted by Crippen LogP contribution is -2.48. The Kier molecular flexibility index (Phi) is 6.25. The first-order chi connectivity index (χ1) is 17.4. The van der Waals surface area contributed by atoms with E-state index in [2.05, 4.69) is 40.2 Å². The number of H-pyrrole nitrogens is 2. The average molecular weight is 483 g/mol. The molecule has 36 heavy (non-hydrogen) atoms. The minimum absolute atomic E-state index is 0.125. The number of aromatic amines is 2. The lowest BCUT2D eigenvalue weighted by atomic mass is 9.97. The summed E-state index contributed by atoms with van der Waals surface area (Å²) in [6.45, 7) is 4.99. The van der Waals surface area contributed by atoms with Crippen molar-refractivity contribution in [3.8, 4) is 40.7 Å². The van der Waals surface area contributed by atoms with Gasteiger partial charge in [0.05, 0.1) is 29.5 Å². The summed E-state index contributed by atoms with van der Waals surface area (Å²) in [5, 5.41) is 18.5. The number of nitrogens with zero attached hydrogens (tertiary/aromatic N) is 3. The van der Waals surface area contributed by atoms with Crippen LogP contribution < -0.4 is 5.73 Å². The van der Waals surface area contributed by atoms with Crippen LogP contribution in [-0.2, 0) is 24.2 Å². The van der Waals surface area contributed by atoms with E-state index in [1.165, 1.54) is 0 Å². The number of phenolic OH excluding ortho intramolecular Hbond substituents is 1. The topological polar surface area (TPSA) is 124 Å². The van der Waals surface area contributed by atoms with Gasteiger partial charge in [0.1, 0.15) is 11.4 Å². The molecular weight excluding hydrogens is 452 g/mol. The fourth-order valence-electron chi connectivity index (χ4n) is 4.97. The van der Waals surface area contributed by atoms with E-state index >= 15 is 0 Å². The molecule has 4 aromatic rings. The highest BCUT2D eigenvalue weighted by Gasteiger charge is 2.30. The summed E-state index contributed by atoms with van der Waals surface area (Å²) in [6.07, 6.45) is 7.68. The third-order valence-corrected chi connectivity index (χ3v) is 7.08. The number of benzene rings is 2. The summed E-state index contributed by atoms with van der Waals surface area (Å²) in [7, 11) is 0. The molecule has 2 atom stereocenters. The lowest BCUT2D eigenvalue weighted by molar-refractivity contribution is -0.134. The molecule has 2 aromatic carbocycles. The van der Waals surface area contributed by atoms with Gasteiger partial charge in [-0.15, -0.1) is 12.3 Å². The van der Waals surface area contributed by atoms with Crippen LogP contribution in [0.15, 0.2) is 36.4 Å². The summed E-state index contributed by atoms with van der Waals surface area (Å²) in [4.78, 5) is 22.9. The molecule has 0 saturated heterocycles. The number of nitrogens with one attached hydrogen (secondary N) is 2. The first kappa shape index (κ1) is 23.6. The Hall–Kier alpha value is -4.09. The van der Waals surface area contributed by atoms with Crippen molar-refractivity contribution in [2.45, 2.75) is 45.7 Å². The van der Waals surface area contributed by atoms with E-state index in [9.17, 15) is 9.90 Å². The summed E-state index contributed by atoms with van der Waals surface area (Å²) in [6, 6.07) is 10.9. The number of aromatic hydroxyl groups is 1. The van der Waals surface area contributed by atoms with Crippen molar-refractivity contribution in [2.75, 3.05) is 6.54 Å². The summed E-state index contributed by atoms with van der Waals surface area (Å²) < 4.78 is 0. The van der Waals surface area contributed by atoms with Crippen LogP contribution in [0.25, 0.3) is 33.5 Å². The van der Waals surface area contributed by atoms with Gasteiger partial charge in [0.15, 0.2) is 5.82 Å². The summed E-state index contributed by atoms with van der Waals surface area (Å²) in [5.41, 5.74) is 12.9. The lowest BCUT2D eigenvalue weighted by Gasteiger charge is -2.30. The van der Waals surface area contributed by atoms with Gasteiger partial charge in [-0.25, -0.2) is 4.98 Å². The number of carbonyl (C=O) groups is 1. The molecule has 0 fully saturated rings. The van der Waals surface area contributed by atoms with E-state index in [1.54, 1.807) is 17.0 Å². The SMILES string of the molecule is C#C[C@@H](CC)[C@H](N)C(=O)N1CCc2nc(-c3n[nH]c4cc(-c5ccc(O)cc5CC)ccc34)[nH]c2C1. The van der Waals surface area contributed by atoms with Gasteiger partial charge in [0.25, 0.3) is 0 Å². The number of nitrogens with two attached hydrogens (primary N) is 1. The molecule has 0 radical (unpaired) electrons. The van der Waals surface area contributed by atoms with Crippen molar-refractivity contribution < 1.29 is 9.90 Å². The van der Waals surface area contributed by atoms with E-state index in [0.717, 1.165) is 51.1 Å². The number of amides is 1. The number of fused-ring (bicyclic) bond motifs is 2. The Morgan fingerprint density at radius 1 is 1.28 bits per heavy atom. The fraction of sp³-hybridized carbons (Fsp3) is 0.321. The number of hydrogen-bond acceptors (Lipinski definition) is 5. The van der Waals surface area contributed by atoms with E-state index in [0.29, 0.717) is 31.8 Å². The Balaban J connectivity index is 1.41. The van der Waals surface area contributed by atoms with Crippen LogP contribution in [0.4, 0.5) is 0 Å². The second kappa shape index (κ2) is 9.51. The van der Waals surface area contributed by atoms with Gasteiger partial charge in [-0.1, -0.05) is 26.0 Å². The molecule has 8 heteroatoms. The van der Waals surface area contributed by atoms with Crippen LogP contribution in [0.2, 0.25) is 0 Å². The molecule has 0 spiro atoms. The zero-order chi connectivity index (χ0) is 25.4. The number of phenols is 1. The Bertz CT molecular complexity index is 1480. The quantitative estimate of drug-likeness (QED) is 0.312. The molecule has 1 aliphatic rings. The highest BCUT2D eigenvalue weighted by molar-refractivity contribution is 5.94. The highest BCUT2D eigenvalue weighted by atomic mass is 16.3. The van der Waals surface area contributed by atoms with Crippen molar-refractivity contribution >= 4 is 16.8 Å². The molecule has 0 unspecified atom stereocenters. The van der Waals surface area contributed by atoms with Crippen LogP contribution in [0.5, 0.6) is 5.75 Å². The molecule has 5 N–H and O–H groups in total. The van der Waals surface area contributed by atoms with Gasteiger partial charge < -0.3 is 20.7 Å². The molecule has 184 valence electrons. The van der Waals surface area contributed by atoms with Crippen LogP contribution in [0.3, 0.4) is 0 Å². The molecule has 2 aromatic heterocycles. The Morgan fingerprint density at radius 3 is 2.86 bits per heavy atom. The molecule has 5 rings (SSSR count). The first-order valence-corrected chi connectivity index (χ1v) is 12.3. The molecule has 3 heterocycles. The number of hydrogen-bond donors (Lipinski definition) is 4. The van der Waals surface area contributed by atoms with E-state index < -0.39 is 6.04 Å². The smallest absolute Gasteiger partial charge is 0.241 e. The Morgan fingerprint density at radius 2 is 2.11 bits per heavy atom. The van der Waals surface area contributed by atoms with Gasteiger partial charge >= 0.3 is 0 Å². The minimum Gasteiger partial charge on any atom is -0.508 e. The standard InChI is InChI=1S/C28H30N6O2/c1-4-16(5-2)25(29)28(36)34-12-11-22-24(15-34)31-27(30-22)26-21-9-7-18(14-23(21)32-33-26)20-10-8-19(35)13-17(20)6-3/h1,7-10,13-14,16,25,35H,5-6,11-12,15,29H2,2-3H3,(H,30,31)(H,32,33)/t16-,25-/m0/s1. The van der Waals surface area contributed by atoms with Crippen LogP contribution in [0, 0.1) is 18.3 Å². The van der Waals surface area contributed by atoms with Crippen molar-refractivity contribution in [1.29, 1.82) is 0 Å². The predicted octanol–water partition coefficient (Wildman–Crippen LogP) is 3.76. The number of rotatable bonds is 6. The molecule has 0 aliphatic carbocycles. The van der Waals surface area contributed by atoms with Gasteiger partial charge in [-0.2, -0.15) is 5.10 Å². The second-order valence-electron chi connectivity index (χ2n) is 9.26. The second-order valence-corrected chi connectivity index (χ2v) is 9.26. The third-order valence-electron chi connectivity index (χ3n) is 7.08. The fourth-order valence-corrected chi connectivity index (χ4v) is 4.97. The average Bonchev–Trinajstić information content (AvgIpc) is 3.51. The molecule has 0 saturated carbocycles.